The monoisotopic (exact) mass is 451 g/mol. The van der Waals surface area contributed by atoms with Gasteiger partial charge < -0.3 is 23.8 Å². The molecule has 0 radical (unpaired) electrons. The first-order valence-electron chi connectivity index (χ1n) is 11.2. The predicted octanol–water partition coefficient (Wildman–Crippen LogP) is 4.13. The lowest BCUT2D eigenvalue weighted by atomic mass is 10.1. The minimum Gasteiger partial charge on any atom is -0.497 e. The molecule has 2 aliphatic rings. The third kappa shape index (κ3) is 4.57. The van der Waals surface area contributed by atoms with E-state index in [1.165, 1.54) is 12.1 Å². The Bertz CT molecular complexity index is 1100. The van der Waals surface area contributed by atoms with E-state index < -0.39 is 0 Å². The standard InChI is InChI=1S/C25H26FN3O4/c1-31-21-10-4-18(5-11-21)24(30)29(20-8-9-20)16-22-23(17-2-6-19(26)7-3-17)27-33-25(22)28-12-14-32-15-13-28/h2-7,10-11,20H,8-9,12-16H2,1H3. The predicted molar refractivity (Wildman–Crippen MR) is 121 cm³/mol. The summed E-state index contributed by atoms with van der Waals surface area (Å²) >= 11 is 0. The maximum atomic E-state index is 13.5. The summed E-state index contributed by atoms with van der Waals surface area (Å²) in [6.07, 6.45) is 1.93. The van der Waals surface area contributed by atoms with Crippen molar-refractivity contribution in [1.29, 1.82) is 0 Å². The lowest BCUT2D eigenvalue weighted by Gasteiger charge is -2.28. The van der Waals surface area contributed by atoms with Gasteiger partial charge in [0.2, 0.25) is 5.88 Å². The molecule has 5 rings (SSSR count). The van der Waals surface area contributed by atoms with Gasteiger partial charge in [-0.2, -0.15) is 0 Å². The largest absolute Gasteiger partial charge is 0.497 e. The molecular weight excluding hydrogens is 425 g/mol. The molecule has 1 amide bonds. The van der Waals surface area contributed by atoms with Crippen LogP contribution < -0.4 is 9.64 Å². The first-order chi connectivity index (χ1) is 16.1. The van der Waals surface area contributed by atoms with Crippen LogP contribution in [0, 0.1) is 5.82 Å². The number of benzene rings is 2. The van der Waals surface area contributed by atoms with Crippen molar-refractivity contribution in [2.75, 3.05) is 38.3 Å². The van der Waals surface area contributed by atoms with Gasteiger partial charge in [-0.3, -0.25) is 4.79 Å². The number of hydrogen-bond acceptors (Lipinski definition) is 6. The van der Waals surface area contributed by atoms with Gasteiger partial charge in [-0.1, -0.05) is 5.16 Å². The molecule has 33 heavy (non-hydrogen) atoms. The van der Waals surface area contributed by atoms with Gasteiger partial charge in [-0.05, 0) is 61.4 Å². The SMILES string of the molecule is COc1ccc(C(=O)N(Cc2c(-c3ccc(F)cc3)noc2N2CCOCC2)C2CC2)cc1. The van der Waals surface area contributed by atoms with Crippen LogP contribution in [0.15, 0.2) is 53.1 Å². The van der Waals surface area contributed by atoms with Crippen LogP contribution in [0.3, 0.4) is 0 Å². The van der Waals surface area contributed by atoms with E-state index in [0.717, 1.165) is 24.0 Å². The minimum absolute atomic E-state index is 0.0423. The molecule has 8 heteroatoms. The highest BCUT2D eigenvalue weighted by atomic mass is 19.1. The molecule has 172 valence electrons. The van der Waals surface area contributed by atoms with Crippen LogP contribution in [0.1, 0.15) is 28.8 Å². The molecule has 0 spiro atoms. The highest BCUT2D eigenvalue weighted by Crippen LogP contribution is 2.37. The van der Waals surface area contributed by atoms with Gasteiger partial charge in [0.1, 0.15) is 17.3 Å². The second-order valence-electron chi connectivity index (χ2n) is 8.31. The Labute approximate surface area is 191 Å². The third-order valence-corrected chi connectivity index (χ3v) is 6.10. The van der Waals surface area contributed by atoms with Crippen molar-refractivity contribution in [2.24, 2.45) is 0 Å². The van der Waals surface area contributed by atoms with Crippen LogP contribution >= 0.6 is 0 Å². The van der Waals surface area contributed by atoms with Crippen LogP contribution in [0.5, 0.6) is 5.75 Å². The molecule has 2 fully saturated rings. The van der Waals surface area contributed by atoms with Crippen molar-refractivity contribution in [2.45, 2.75) is 25.4 Å². The number of morpholine rings is 1. The van der Waals surface area contributed by atoms with Crippen molar-refractivity contribution in [3.63, 3.8) is 0 Å². The molecule has 1 aromatic heterocycles. The van der Waals surface area contributed by atoms with Crippen LogP contribution in [0.25, 0.3) is 11.3 Å². The molecule has 0 bridgehead atoms. The highest BCUT2D eigenvalue weighted by Gasteiger charge is 2.36. The van der Waals surface area contributed by atoms with E-state index in [9.17, 15) is 9.18 Å². The average Bonchev–Trinajstić information content (AvgIpc) is 3.62. The number of nitrogens with zero attached hydrogens (tertiary/aromatic N) is 3. The van der Waals surface area contributed by atoms with Gasteiger partial charge in [0.05, 0.1) is 32.4 Å². The zero-order chi connectivity index (χ0) is 22.8. The minimum atomic E-state index is -0.313. The zero-order valence-corrected chi connectivity index (χ0v) is 18.5. The summed E-state index contributed by atoms with van der Waals surface area (Å²) in [6, 6.07) is 13.5. The summed E-state index contributed by atoms with van der Waals surface area (Å²) in [6.45, 7) is 2.92. The summed E-state index contributed by atoms with van der Waals surface area (Å²) in [5.74, 6) is 0.994. The van der Waals surface area contributed by atoms with Crippen LogP contribution in [0.4, 0.5) is 10.3 Å². The zero-order valence-electron chi connectivity index (χ0n) is 18.5. The van der Waals surface area contributed by atoms with E-state index in [0.29, 0.717) is 55.7 Å². The van der Waals surface area contributed by atoms with Crippen molar-refractivity contribution < 1.29 is 23.2 Å². The molecule has 2 heterocycles. The summed E-state index contributed by atoms with van der Waals surface area (Å²) < 4.78 is 30.1. The fourth-order valence-corrected chi connectivity index (χ4v) is 4.12. The second kappa shape index (κ2) is 9.23. The summed E-state index contributed by atoms with van der Waals surface area (Å²) in [5, 5.41) is 4.34. The maximum absolute atomic E-state index is 13.5. The fraction of sp³-hybridized carbons (Fsp3) is 0.360. The van der Waals surface area contributed by atoms with Crippen molar-refractivity contribution in [1.82, 2.24) is 10.1 Å². The highest BCUT2D eigenvalue weighted by molar-refractivity contribution is 5.95. The van der Waals surface area contributed by atoms with Gasteiger partial charge in [0.25, 0.3) is 5.91 Å². The average molecular weight is 451 g/mol. The van der Waals surface area contributed by atoms with E-state index in [1.807, 2.05) is 4.90 Å². The van der Waals surface area contributed by atoms with Crippen molar-refractivity contribution >= 4 is 11.8 Å². The summed E-state index contributed by atoms with van der Waals surface area (Å²) in [4.78, 5) is 17.5. The van der Waals surface area contributed by atoms with E-state index in [1.54, 1.807) is 43.5 Å². The number of amides is 1. The number of carbonyl (C=O) groups is 1. The van der Waals surface area contributed by atoms with Gasteiger partial charge in [-0.25, -0.2) is 4.39 Å². The number of aromatic nitrogens is 1. The number of hydrogen-bond donors (Lipinski definition) is 0. The van der Waals surface area contributed by atoms with E-state index in [-0.39, 0.29) is 17.8 Å². The van der Waals surface area contributed by atoms with Gasteiger partial charge in [0.15, 0.2) is 0 Å². The normalized spacial score (nSPS) is 16.0. The summed E-state index contributed by atoms with van der Waals surface area (Å²) in [7, 11) is 1.60. The molecule has 0 atom stereocenters. The number of anilines is 1. The Kier molecular flexibility index (Phi) is 6.00. The van der Waals surface area contributed by atoms with Gasteiger partial charge in [-0.15, -0.1) is 0 Å². The van der Waals surface area contributed by atoms with Gasteiger partial charge in [0, 0.05) is 30.3 Å². The van der Waals surface area contributed by atoms with Crippen LogP contribution in [-0.4, -0.2) is 55.4 Å². The topological polar surface area (TPSA) is 68.0 Å². The maximum Gasteiger partial charge on any atom is 0.254 e. The van der Waals surface area contributed by atoms with Crippen molar-refractivity contribution in [3.8, 4) is 17.0 Å². The van der Waals surface area contributed by atoms with Crippen molar-refractivity contribution in [3.05, 3.63) is 65.5 Å². The number of rotatable bonds is 7. The van der Waals surface area contributed by atoms with E-state index in [4.69, 9.17) is 14.0 Å². The number of carbonyl (C=O) groups excluding carboxylic acids is 1. The van der Waals surface area contributed by atoms with Gasteiger partial charge >= 0.3 is 0 Å². The molecule has 1 aliphatic carbocycles. The first-order valence-corrected chi connectivity index (χ1v) is 11.2. The molecule has 1 saturated heterocycles. The number of ether oxygens (including phenoxy) is 2. The Morgan fingerprint density at radius 1 is 1.12 bits per heavy atom. The lowest BCUT2D eigenvalue weighted by molar-refractivity contribution is 0.0729. The van der Waals surface area contributed by atoms with E-state index >= 15 is 0 Å². The smallest absolute Gasteiger partial charge is 0.254 e. The molecule has 1 aliphatic heterocycles. The molecule has 3 aromatic rings. The second-order valence-corrected chi connectivity index (χ2v) is 8.31. The molecule has 7 nitrogen and oxygen atoms in total. The quantitative estimate of drug-likeness (QED) is 0.538. The summed E-state index contributed by atoms with van der Waals surface area (Å²) in [5.41, 5.74) is 2.82. The Balaban J connectivity index is 1.50. The lowest BCUT2D eigenvalue weighted by Crippen LogP contribution is -2.37. The Morgan fingerprint density at radius 3 is 2.45 bits per heavy atom. The molecule has 0 N–H and O–H groups in total. The molecule has 0 unspecified atom stereocenters. The third-order valence-electron chi connectivity index (χ3n) is 6.10. The number of halogens is 1. The first kappa shape index (κ1) is 21.5. The molecular formula is C25H26FN3O4. The number of methoxy groups -OCH3 is 1. The van der Waals surface area contributed by atoms with Crippen LogP contribution in [0.2, 0.25) is 0 Å². The van der Waals surface area contributed by atoms with Crippen LogP contribution in [-0.2, 0) is 11.3 Å². The fourth-order valence-electron chi connectivity index (χ4n) is 4.12. The Hall–Kier alpha value is -3.39. The van der Waals surface area contributed by atoms with E-state index in [2.05, 4.69) is 10.1 Å². The molecule has 1 saturated carbocycles. The Morgan fingerprint density at radius 2 is 1.82 bits per heavy atom. The molecule has 2 aromatic carbocycles.